The van der Waals surface area contributed by atoms with Crippen LogP contribution < -0.4 is 21.1 Å². The largest absolute Gasteiger partial charge is 0.497 e. The predicted molar refractivity (Wildman–Crippen MR) is 135 cm³/mol. The topological polar surface area (TPSA) is 157 Å². The van der Waals surface area contributed by atoms with Gasteiger partial charge in [0.2, 0.25) is 12.8 Å². The van der Waals surface area contributed by atoms with Crippen molar-refractivity contribution in [2.45, 2.75) is 33.4 Å². The zero-order chi connectivity index (χ0) is 27.3. The number of imide groups is 1. The van der Waals surface area contributed by atoms with Crippen LogP contribution in [-0.2, 0) is 20.9 Å². The van der Waals surface area contributed by atoms with Crippen molar-refractivity contribution in [1.29, 1.82) is 0 Å². The fraction of sp³-hybridized carbons (Fsp3) is 0.320. The van der Waals surface area contributed by atoms with Gasteiger partial charge in [0.15, 0.2) is 5.58 Å². The van der Waals surface area contributed by atoms with E-state index in [0.29, 0.717) is 29.8 Å². The van der Waals surface area contributed by atoms with Gasteiger partial charge in [-0.25, -0.2) is 0 Å². The van der Waals surface area contributed by atoms with Gasteiger partial charge in [-0.05, 0) is 43.3 Å². The van der Waals surface area contributed by atoms with Crippen LogP contribution in [0, 0.1) is 6.92 Å². The highest BCUT2D eigenvalue weighted by molar-refractivity contribution is 5.98. The first kappa shape index (κ1) is 29.8. The molecule has 3 aromatic rings. The number of rotatable bonds is 5. The van der Waals surface area contributed by atoms with E-state index in [1.54, 1.807) is 44.4 Å². The Kier molecular flexibility index (Phi) is 12.3. The molecule has 3 heterocycles. The van der Waals surface area contributed by atoms with Crippen molar-refractivity contribution in [2.75, 3.05) is 21.2 Å². The first-order valence-corrected chi connectivity index (χ1v) is 11.1. The number of carbonyl (C=O) groups excluding carboxylic acids is 4. The maximum absolute atomic E-state index is 11.6. The maximum atomic E-state index is 11.6. The molecule has 4 N–H and O–H groups in total. The summed E-state index contributed by atoms with van der Waals surface area (Å²) >= 11 is 0. The highest BCUT2D eigenvalue weighted by Crippen LogP contribution is 2.25. The van der Waals surface area contributed by atoms with Gasteiger partial charge >= 0.3 is 0 Å². The molecule has 0 bridgehead atoms. The van der Waals surface area contributed by atoms with Crippen molar-refractivity contribution >= 4 is 35.7 Å². The minimum absolute atomic E-state index is 0.0777. The molecule has 194 valence electrons. The lowest BCUT2D eigenvalue weighted by Crippen LogP contribution is -2.34. The Balaban J connectivity index is 0.000000316. The van der Waals surface area contributed by atoms with Gasteiger partial charge in [0.05, 0.1) is 7.11 Å². The quantitative estimate of drug-likeness (QED) is 0.450. The molecule has 1 aliphatic rings. The number of hydrogen-bond acceptors (Lipinski definition) is 8. The molecule has 0 spiro atoms. The van der Waals surface area contributed by atoms with Crippen LogP contribution in [0.15, 0.2) is 40.9 Å². The fourth-order valence-corrected chi connectivity index (χ4v) is 3.27. The number of benzene rings is 1. The van der Waals surface area contributed by atoms with Crippen molar-refractivity contribution in [3.05, 3.63) is 59.0 Å². The molecule has 1 aromatic carbocycles. The Morgan fingerprint density at radius 3 is 2.50 bits per heavy atom. The molecule has 0 saturated carbocycles. The van der Waals surface area contributed by atoms with E-state index in [0.717, 1.165) is 22.4 Å². The number of carbonyl (C=O) groups is 4. The van der Waals surface area contributed by atoms with Crippen molar-refractivity contribution in [1.82, 2.24) is 20.5 Å². The van der Waals surface area contributed by atoms with Gasteiger partial charge < -0.3 is 25.1 Å². The molecule has 2 aromatic heterocycles. The number of amides is 4. The van der Waals surface area contributed by atoms with Crippen LogP contribution in [0.25, 0.3) is 11.1 Å². The number of nitrogens with zero attached hydrogens (tertiary/aromatic N) is 2. The number of methoxy groups -OCH3 is 1. The van der Waals surface area contributed by atoms with E-state index >= 15 is 0 Å². The highest BCUT2D eigenvalue weighted by Gasteiger charge is 2.24. The summed E-state index contributed by atoms with van der Waals surface area (Å²) in [5, 5.41) is 4.87. The third-order valence-electron chi connectivity index (χ3n) is 4.86. The Morgan fingerprint density at radius 1 is 1.25 bits per heavy atom. The monoisotopic (exact) mass is 499 g/mol. The van der Waals surface area contributed by atoms with Crippen LogP contribution in [0.2, 0.25) is 0 Å². The Labute approximate surface area is 210 Å². The molecule has 4 amide bonds. The Hall–Kier alpha value is -4.25. The SMILES string of the molecule is CC.CN[C@H](C(=O)NC=O)c1cc2ncc(C)cc2o1.COc1ccc2c(c1)C(=O)N(C)C2.NC=O. The molecule has 1 aliphatic heterocycles. The summed E-state index contributed by atoms with van der Waals surface area (Å²) in [5.41, 5.74) is 8.27. The molecular formula is C25H33N5O6. The third kappa shape index (κ3) is 7.64. The molecule has 0 aliphatic carbocycles. The van der Waals surface area contributed by atoms with Gasteiger partial charge in [-0.15, -0.1) is 0 Å². The lowest BCUT2D eigenvalue weighted by Gasteiger charge is -2.10. The normalized spacial score (nSPS) is 11.9. The maximum Gasteiger partial charge on any atom is 0.254 e. The second-order valence-electron chi connectivity index (χ2n) is 7.21. The summed E-state index contributed by atoms with van der Waals surface area (Å²) in [5.74, 6) is 0.768. The number of furan rings is 1. The number of fused-ring (bicyclic) bond motifs is 2. The summed E-state index contributed by atoms with van der Waals surface area (Å²) < 4.78 is 10.6. The number of aromatic nitrogens is 1. The van der Waals surface area contributed by atoms with Crippen LogP contribution in [0.5, 0.6) is 5.75 Å². The predicted octanol–water partition coefficient (Wildman–Crippen LogP) is 2.08. The van der Waals surface area contributed by atoms with Crippen molar-refractivity contribution in [2.24, 2.45) is 5.73 Å². The van der Waals surface area contributed by atoms with E-state index in [9.17, 15) is 14.4 Å². The number of likely N-dealkylation sites (N-methyl/N-ethyl adjacent to an activating group) is 1. The van der Waals surface area contributed by atoms with E-state index in [-0.39, 0.29) is 12.3 Å². The molecule has 0 unspecified atom stereocenters. The van der Waals surface area contributed by atoms with Gasteiger partial charge in [-0.3, -0.25) is 29.5 Å². The lowest BCUT2D eigenvalue weighted by atomic mass is 10.1. The van der Waals surface area contributed by atoms with Crippen LogP contribution in [-0.4, -0.2) is 55.7 Å². The highest BCUT2D eigenvalue weighted by atomic mass is 16.5. The van der Waals surface area contributed by atoms with Crippen LogP contribution in [0.4, 0.5) is 0 Å². The summed E-state index contributed by atoms with van der Waals surface area (Å²) in [4.78, 5) is 47.9. The summed E-state index contributed by atoms with van der Waals surface area (Å²) in [6, 6.07) is 8.42. The van der Waals surface area contributed by atoms with E-state index in [4.69, 9.17) is 13.9 Å². The summed E-state index contributed by atoms with van der Waals surface area (Å²) in [6.07, 6.45) is 2.32. The Bertz CT molecular complexity index is 1180. The summed E-state index contributed by atoms with van der Waals surface area (Å²) in [6.45, 7) is 6.61. The van der Waals surface area contributed by atoms with E-state index in [1.807, 2.05) is 39.0 Å². The second-order valence-corrected chi connectivity index (χ2v) is 7.21. The van der Waals surface area contributed by atoms with E-state index in [1.165, 1.54) is 0 Å². The molecule has 0 radical (unpaired) electrons. The molecular weight excluding hydrogens is 466 g/mol. The van der Waals surface area contributed by atoms with Crippen molar-refractivity contribution < 1.29 is 28.3 Å². The number of nitrogens with two attached hydrogens (primary N) is 1. The minimum Gasteiger partial charge on any atom is -0.497 e. The molecule has 11 heteroatoms. The zero-order valence-corrected chi connectivity index (χ0v) is 21.3. The van der Waals surface area contributed by atoms with Crippen molar-refractivity contribution in [3.63, 3.8) is 0 Å². The van der Waals surface area contributed by atoms with Gasteiger partial charge in [0, 0.05) is 31.4 Å². The average Bonchev–Trinajstić information content (AvgIpc) is 3.41. The molecule has 1 atom stereocenters. The number of ether oxygens (including phenoxy) is 1. The zero-order valence-electron chi connectivity index (χ0n) is 21.3. The third-order valence-corrected chi connectivity index (χ3v) is 4.86. The molecule has 4 rings (SSSR count). The first-order chi connectivity index (χ1) is 17.3. The number of aryl methyl sites for hydroxylation is 1. The average molecular weight is 500 g/mol. The van der Waals surface area contributed by atoms with Gasteiger partial charge in [-0.2, -0.15) is 0 Å². The number of primary amides is 1. The van der Waals surface area contributed by atoms with Crippen LogP contribution in [0.1, 0.15) is 47.1 Å². The van der Waals surface area contributed by atoms with Crippen LogP contribution >= 0.6 is 0 Å². The number of hydrogen-bond donors (Lipinski definition) is 3. The smallest absolute Gasteiger partial charge is 0.254 e. The minimum atomic E-state index is -0.718. The van der Waals surface area contributed by atoms with E-state index in [2.05, 4.69) is 21.4 Å². The van der Waals surface area contributed by atoms with Gasteiger partial charge in [-0.1, -0.05) is 19.9 Å². The molecule has 0 saturated heterocycles. The Morgan fingerprint density at radius 2 is 1.92 bits per heavy atom. The second kappa shape index (κ2) is 14.9. The molecule has 11 nitrogen and oxygen atoms in total. The van der Waals surface area contributed by atoms with E-state index < -0.39 is 11.9 Å². The lowest BCUT2D eigenvalue weighted by molar-refractivity contribution is -0.127. The first-order valence-electron chi connectivity index (χ1n) is 11.1. The van der Waals surface area contributed by atoms with Gasteiger partial charge in [0.25, 0.3) is 11.8 Å². The van der Waals surface area contributed by atoms with Gasteiger partial charge in [0.1, 0.15) is 23.1 Å². The van der Waals surface area contributed by atoms with Crippen LogP contribution in [0.3, 0.4) is 0 Å². The number of nitrogens with one attached hydrogen (secondary N) is 2. The van der Waals surface area contributed by atoms with Crippen molar-refractivity contribution in [3.8, 4) is 5.75 Å². The standard InChI is InChI=1S/C12H13N3O3.C10H11NO2.C2H6.CH3NO/c1-7-3-9-8(14-5-7)4-10(18-9)11(13-2)12(17)15-6-16;1-11-6-7-3-4-8(13-2)5-9(7)10(11)12;1-2;2-1-3/h3-6,11,13H,1-2H3,(H,15,16,17);3-5H,6H2,1-2H3;1-2H3;1H,(H2,2,3)/t11-;;;/m0.../s1. The molecule has 36 heavy (non-hydrogen) atoms. The molecule has 0 fully saturated rings. The summed E-state index contributed by atoms with van der Waals surface area (Å²) in [7, 11) is 5.01. The fourth-order valence-electron chi connectivity index (χ4n) is 3.27. The number of pyridine rings is 1.